The lowest BCUT2D eigenvalue weighted by Gasteiger charge is -2.32. The number of carbonyl (C=O) groups excluding carboxylic acids is 1. The number of pyridine rings is 1. The molecule has 1 aromatic heterocycles. The molecule has 2 unspecified atom stereocenters. The predicted octanol–water partition coefficient (Wildman–Crippen LogP) is 6.63. The molecular weight excluding hydrogens is 438 g/mol. The van der Waals surface area contributed by atoms with Gasteiger partial charge in [0, 0.05) is 12.5 Å². The molecule has 0 amide bonds. The lowest BCUT2D eigenvalue weighted by molar-refractivity contribution is 0.0503. The van der Waals surface area contributed by atoms with Gasteiger partial charge in [0.15, 0.2) is 5.56 Å². The molecule has 4 rings (SSSR count). The molecule has 184 valence electrons. The number of aromatic nitrogens is 1. The van der Waals surface area contributed by atoms with Crippen LogP contribution in [0.15, 0.2) is 66.7 Å². The van der Waals surface area contributed by atoms with Gasteiger partial charge in [0.1, 0.15) is 12.4 Å². The van der Waals surface area contributed by atoms with Gasteiger partial charge in [0.2, 0.25) is 5.88 Å². The van der Waals surface area contributed by atoms with Crippen molar-refractivity contribution in [2.24, 2.45) is 11.8 Å². The maximum atomic E-state index is 13.1. The van der Waals surface area contributed by atoms with Gasteiger partial charge < -0.3 is 14.2 Å². The van der Waals surface area contributed by atoms with E-state index in [-0.39, 0.29) is 24.2 Å². The van der Waals surface area contributed by atoms with E-state index >= 15 is 0 Å². The van der Waals surface area contributed by atoms with Crippen molar-refractivity contribution < 1.29 is 19.0 Å². The maximum Gasteiger partial charge on any atom is 0.347 e. The van der Waals surface area contributed by atoms with Crippen LogP contribution in [0.5, 0.6) is 11.6 Å². The van der Waals surface area contributed by atoms with E-state index in [9.17, 15) is 4.79 Å². The van der Waals surface area contributed by atoms with E-state index < -0.39 is 5.97 Å². The lowest BCUT2D eigenvalue weighted by Crippen LogP contribution is -2.29. The molecule has 0 aliphatic heterocycles. The standard InChI is InChI=1S/C30H35NO4/c1-4-33-30(32)28-27(35-26-16-21(2)15-22(3)17-26)19-25(18-23-11-7-5-8-12-23)31-29(28)34-20-24-13-9-6-10-14-24/h5-14,19,21-22,26H,4,15-18,20H2,1-3H3. The van der Waals surface area contributed by atoms with Gasteiger partial charge in [-0.1, -0.05) is 74.5 Å². The van der Waals surface area contributed by atoms with E-state index in [0.717, 1.165) is 29.7 Å². The summed E-state index contributed by atoms with van der Waals surface area (Å²) in [5.74, 6) is 1.44. The number of nitrogens with zero attached hydrogens (tertiary/aromatic N) is 1. The van der Waals surface area contributed by atoms with Crippen LogP contribution in [0.3, 0.4) is 0 Å². The summed E-state index contributed by atoms with van der Waals surface area (Å²) in [4.78, 5) is 17.9. The van der Waals surface area contributed by atoms with Gasteiger partial charge in [-0.3, -0.25) is 0 Å². The van der Waals surface area contributed by atoms with Gasteiger partial charge in [0.05, 0.1) is 18.4 Å². The Morgan fingerprint density at radius 2 is 1.54 bits per heavy atom. The Kier molecular flexibility index (Phi) is 8.40. The second-order valence-corrected chi connectivity index (χ2v) is 9.61. The van der Waals surface area contributed by atoms with Gasteiger partial charge in [-0.15, -0.1) is 0 Å². The van der Waals surface area contributed by atoms with Crippen LogP contribution >= 0.6 is 0 Å². The summed E-state index contributed by atoms with van der Waals surface area (Å²) in [7, 11) is 0. The maximum absolute atomic E-state index is 13.1. The average molecular weight is 474 g/mol. The van der Waals surface area contributed by atoms with E-state index in [1.54, 1.807) is 6.92 Å². The largest absolute Gasteiger partial charge is 0.489 e. The van der Waals surface area contributed by atoms with E-state index in [1.807, 2.05) is 54.6 Å². The Bertz CT molecular complexity index is 1090. The second kappa shape index (κ2) is 11.9. The number of esters is 1. The highest BCUT2D eigenvalue weighted by molar-refractivity contribution is 5.95. The topological polar surface area (TPSA) is 57.7 Å². The van der Waals surface area contributed by atoms with Gasteiger partial charge in [-0.05, 0) is 49.1 Å². The molecule has 35 heavy (non-hydrogen) atoms. The number of hydrogen-bond donors (Lipinski definition) is 0. The predicted molar refractivity (Wildman–Crippen MR) is 137 cm³/mol. The first kappa shape index (κ1) is 24.8. The smallest absolute Gasteiger partial charge is 0.347 e. The first-order valence-electron chi connectivity index (χ1n) is 12.6. The Morgan fingerprint density at radius 3 is 2.17 bits per heavy atom. The normalized spacial score (nSPS) is 19.7. The van der Waals surface area contributed by atoms with E-state index in [4.69, 9.17) is 19.2 Å². The summed E-state index contributed by atoms with van der Waals surface area (Å²) < 4.78 is 18.1. The molecule has 1 saturated carbocycles. The van der Waals surface area contributed by atoms with Crippen molar-refractivity contribution in [1.29, 1.82) is 0 Å². The van der Waals surface area contributed by atoms with Crippen LogP contribution in [0.4, 0.5) is 0 Å². The van der Waals surface area contributed by atoms with Crippen LogP contribution in [0.25, 0.3) is 0 Å². The zero-order valence-electron chi connectivity index (χ0n) is 20.9. The molecule has 0 N–H and O–H groups in total. The summed E-state index contributed by atoms with van der Waals surface area (Å²) in [6, 6.07) is 21.9. The van der Waals surface area contributed by atoms with E-state index in [0.29, 0.717) is 30.6 Å². The number of carbonyl (C=O) groups is 1. The number of rotatable bonds is 9. The van der Waals surface area contributed by atoms with Gasteiger partial charge in [-0.2, -0.15) is 0 Å². The number of hydrogen-bond acceptors (Lipinski definition) is 5. The molecule has 1 heterocycles. The Labute approximate surface area is 208 Å². The molecule has 0 radical (unpaired) electrons. The first-order valence-corrected chi connectivity index (χ1v) is 12.6. The second-order valence-electron chi connectivity index (χ2n) is 9.61. The van der Waals surface area contributed by atoms with Crippen molar-refractivity contribution in [2.75, 3.05) is 6.61 Å². The minimum Gasteiger partial charge on any atom is -0.489 e. The highest BCUT2D eigenvalue weighted by atomic mass is 16.5. The molecule has 2 aromatic carbocycles. The Hall–Kier alpha value is -3.34. The fourth-order valence-electron chi connectivity index (χ4n) is 4.91. The van der Waals surface area contributed by atoms with Crippen molar-refractivity contribution in [2.45, 2.75) is 59.2 Å². The average Bonchev–Trinajstić information content (AvgIpc) is 2.83. The van der Waals surface area contributed by atoms with Crippen molar-refractivity contribution in [3.8, 4) is 11.6 Å². The molecule has 2 atom stereocenters. The SMILES string of the molecule is CCOC(=O)c1c(OC2CC(C)CC(C)C2)cc(Cc2ccccc2)nc1OCc1ccccc1. The molecule has 1 fully saturated rings. The van der Waals surface area contributed by atoms with Crippen LogP contribution in [-0.4, -0.2) is 23.7 Å². The Morgan fingerprint density at radius 1 is 0.914 bits per heavy atom. The molecule has 3 aromatic rings. The molecule has 0 saturated heterocycles. The molecule has 0 spiro atoms. The van der Waals surface area contributed by atoms with Crippen LogP contribution < -0.4 is 9.47 Å². The van der Waals surface area contributed by atoms with Crippen molar-refractivity contribution in [3.63, 3.8) is 0 Å². The third-order valence-electron chi connectivity index (χ3n) is 6.36. The van der Waals surface area contributed by atoms with Gasteiger partial charge >= 0.3 is 5.97 Å². The minimum atomic E-state index is -0.471. The van der Waals surface area contributed by atoms with E-state index in [2.05, 4.69) is 26.0 Å². The van der Waals surface area contributed by atoms with Crippen molar-refractivity contribution >= 4 is 5.97 Å². The number of ether oxygens (including phenoxy) is 3. The highest BCUT2D eigenvalue weighted by Gasteiger charge is 2.29. The zero-order valence-corrected chi connectivity index (χ0v) is 20.9. The van der Waals surface area contributed by atoms with Crippen LogP contribution in [0.2, 0.25) is 0 Å². The summed E-state index contributed by atoms with van der Waals surface area (Å²) in [5.41, 5.74) is 3.18. The van der Waals surface area contributed by atoms with Crippen molar-refractivity contribution in [3.05, 3.63) is 89.1 Å². The Balaban J connectivity index is 1.71. The minimum absolute atomic E-state index is 0.0378. The number of benzene rings is 2. The lowest BCUT2D eigenvalue weighted by atomic mass is 9.82. The van der Waals surface area contributed by atoms with E-state index in [1.165, 1.54) is 6.42 Å². The zero-order chi connectivity index (χ0) is 24.6. The summed E-state index contributed by atoms with van der Waals surface area (Å²) >= 11 is 0. The molecular formula is C30H35NO4. The monoisotopic (exact) mass is 473 g/mol. The summed E-state index contributed by atoms with van der Waals surface area (Å²) in [5, 5.41) is 0. The fraction of sp³-hybridized carbons (Fsp3) is 0.400. The van der Waals surface area contributed by atoms with Gasteiger partial charge in [0.25, 0.3) is 0 Å². The third-order valence-corrected chi connectivity index (χ3v) is 6.36. The van der Waals surface area contributed by atoms with Gasteiger partial charge in [-0.25, -0.2) is 9.78 Å². The highest BCUT2D eigenvalue weighted by Crippen LogP contribution is 2.36. The molecule has 1 aliphatic rings. The first-order chi connectivity index (χ1) is 17.0. The van der Waals surface area contributed by atoms with Crippen LogP contribution in [0, 0.1) is 11.8 Å². The third kappa shape index (κ3) is 6.84. The van der Waals surface area contributed by atoms with Crippen LogP contribution in [-0.2, 0) is 17.8 Å². The fourth-order valence-corrected chi connectivity index (χ4v) is 4.91. The molecule has 5 heteroatoms. The molecule has 1 aliphatic carbocycles. The summed E-state index contributed by atoms with van der Waals surface area (Å²) in [6.07, 6.45) is 3.77. The molecule has 5 nitrogen and oxygen atoms in total. The van der Waals surface area contributed by atoms with Crippen LogP contribution in [0.1, 0.15) is 67.2 Å². The summed E-state index contributed by atoms with van der Waals surface area (Å²) in [6.45, 7) is 6.89. The van der Waals surface area contributed by atoms with Crippen molar-refractivity contribution in [1.82, 2.24) is 4.98 Å². The quantitative estimate of drug-likeness (QED) is 0.326. The molecule has 0 bridgehead atoms.